The zero-order valence-electron chi connectivity index (χ0n) is 11.3. The highest BCUT2D eigenvalue weighted by molar-refractivity contribution is 5.83. The summed E-state index contributed by atoms with van der Waals surface area (Å²) in [7, 11) is 2.60. The predicted octanol–water partition coefficient (Wildman–Crippen LogP) is 0.985. The van der Waals surface area contributed by atoms with Gasteiger partial charge in [0.25, 0.3) is 0 Å². The fourth-order valence-corrected chi connectivity index (χ4v) is 3.13. The molecule has 0 radical (unpaired) electrons. The smallest absolute Gasteiger partial charge is 0.410 e. The second kappa shape index (κ2) is 5.59. The molecule has 2 aliphatic rings. The number of amides is 1. The first kappa shape index (κ1) is 13.8. The molecule has 106 valence electrons. The van der Waals surface area contributed by atoms with Crippen LogP contribution in [0.2, 0.25) is 0 Å². The number of rotatable bonds is 1. The normalized spacial score (nSPS) is 30.5. The summed E-state index contributed by atoms with van der Waals surface area (Å²) in [5.41, 5.74) is 0. The largest absolute Gasteiger partial charge is 0.467 e. The zero-order valence-corrected chi connectivity index (χ0v) is 11.3. The van der Waals surface area contributed by atoms with E-state index in [2.05, 4.69) is 0 Å². The number of likely N-dealkylation sites (tertiary alicyclic amines) is 1. The van der Waals surface area contributed by atoms with Crippen molar-refractivity contribution in [3.63, 3.8) is 0 Å². The average Bonchev–Trinajstić information content (AvgIpc) is 2.44. The molecule has 6 heteroatoms. The topological polar surface area (TPSA) is 72.9 Å². The lowest BCUT2D eigenvalue weighted by molar-refractivity contribution is -0.150. The second-order valence-corrected chi connectivity index (χ2v) is 5.20. The lowest BCUT2D eigenvalue weighted by atomic mass is 9.72. The summed E-state index contributed by atoms with van der Waals surface area (Å²) in [4.78, 5) is 36.5. The molecular weight excluding hydrogens is 250 g/mol. The lowest BCUT2D eigenvalue weighted by Gasteiger charge is -2.43. The summed E-state index contributed by atoms with van der Waals surface area (Å²) in [6, 6.07) is -0.635. The Bertz CT molecular complexity index is 394. The number of hydrogen-bond acceptors (Lipinski definition) is 5. The number of piperidine rings is 1. The molecule has 1 aliphatic heterocycles. The van der Waals surface area contributed by atoms with Gasteiger partial charge in [-0.05, 0) is 24.7 Å². The lowest BCUT2D eigenvalue weighted by Crippen LogP contribution is -2.54. The van der Waals surface area contributed by atoms with Crippen LogP contribution >= 0.6 is 0 Å². The molecule has 1 saturated carbocycles. The molecule has 1 saturated heterocycles. The Labute approximate surface area is 112 Å². The molecule has 2 rings (SSSR count). The minimum atomic E-state index is -0.635. The van der Waals surface area contributed by atoms with E-state index in [0.29, 0.717) is 25.8 Å². The Kier molecular flexibility index (Phi) is 4.07. The molecule has 0 aromatic heterocycles. The number of ketones is 1. The van der Waals surface area contributed by atoms with Crippen molar-refractivity contribution >= 4 is 17.8 Å². The maximum atomic E-state index is 11.8. The average molecular weight is 269 g/mol. The third-order valence-corrected chi connectivity index (χ3v) is 4.17. The first-order valence-corrected chi connectivity index (χ1v) is 6.51. The van der Waals surface area contributed by atoms with Gasteiger partial charge in [0.2, 0.25) is 0 Å². The Morgan fingerprint density at radius 3 is 2.58 bits per heavy atom. The number of ether oxygens (including phenoxy) is 2. The van der Waals surface area contributed by atoms with E-state index in [1.807, 2.05) is 0 Å². The molecule has 2 fully saturated rings. The van der Waals surface area contributed by atoms with Gasteiger partial charge in [0, 0.05) is 19.4 Å². The summed E-state index contributed by atoms with van der Waals surface area (Å²) in [6.07, 6.45) is 1.83. The first-order valence-electron chi connectivity index (χ1n) is 6.51. The van der Waals surface area contributed by atoms with E-state index < -0.39 is 18.1 Å². The molecule has 19 heavy (non-hydrogen) atoms. The molecular formula is C13H19NO5. The third kappa shape index (κ3) is 2.72. The van der Waals surface area contributed by atoms with Gasteiger partial charge < -0.3 is 9.47 Å². The highest BCUT2D eigenvalue weighted by Crippen LogP contribution is 2.37. The molecule has 0 bridgehead atoms. The van der Waals surface area contributed by atoms with Crippen LogP contribution < -0.4 is 0 Å². The molecule has 6 nitrogen and oxygen atoms in total. The van der Waals surface area contributed by atoms with Gasteiger partial charge in [-0.15, -0.1) is 0 Å². The van der Waals surface area contributed by atoms with Crippen molar-refractivity contribution in [1.82, 2.24) is 4.90 Å². The van der Waals surface area contributed by atoms with Crippen molar-refractivity contribution < 1.29 is 23.9 Å². The van der Waals surface area contributed by atoms with Crippen molar-refractivity contribution in [2.45, 2.75) is 31.7 Å². The quantitative estimate of drug-likeness (QED) is 0.664. The van der Waals surface area contributed by atoms with Crippen LogP contribution in [-0.4, -0.2) is 49.6 Å². The molecule has 0 N–H and O–H groups in total. The molecule has 0 aromatic rings. The molecule has 0 unspecified atom stereocenters. The maximum Gasteiger partial charge on any atom is 0.410 e. The number of Topliss-reactive ketones (excluding diaryl/α,β-unsaturated/α-hetero) is 1. The zero-order chi connectivity index (χ0) is 14.0. The van der Waals surface area contributed by atoms with E-state index in [1.165, 1.54) is 19.1 Å². The first-order chi connectivity index (χ1) is 9.06. The Hall–Kier alpha value is -1.59. The van der Waals surface area contributed by atoms with Gasteiger partial charge in [-0.2, -0.15) is 0 Å². The van der Waals surface area contributed by atoms with Gasteiger partial charge >= 0.3 is 12.1 Å². The fourth-order valence-electron chi connectivity index (χ4n) is 3.13. The molecule has 3 atom stereocenters. The third-order valence-electron chi connectivity index (χ3n) is 4.17. The number of carbonyl (C=O) groups is 3. The summed E-state index contributed by atoms with van der Waals surface area (Å²) < 4.78 is 9.48. The monoisotopic (exact) mass is 269 g/mol. The van der Waals surface area contributed by atoms with Crippen molar-refractivity contribution in [2.24, 2.45) is 11.8 Å². The maximum absolute atomic E-state index is 11.8. The summed E-state index contributed by atoms with van der Waals surface area (Å²) in [5.74, 6) is 0.252. The molecule has 0 aromatic carbocycles. The van der Waals surface area contributed by atoms with E-state index in [4.69, 9.17) is 9.47 Å². The summed E-state index contributed by atoms with van der Waals surface area (Å²) >= 11 is 0. The van der Waals surface area contributed by atoms with Gasteiger partial charge in [-0.25, -0.2) is 9.59 Å². The van der Waals surface area contributed by atoms with E-state index >= 15 is 0 Å². The molecule has 1 heterocycles. The molecule has 0 spiro atoms. The number of carbonyl (C=O) groups excluding carboxylic acids is 3. The van der Waals surface area contributed by atoms with Gasteiger partial charge in [-0.1, -0.05) is 0 Å². The van der Waals surface area contributed by atoms with Crippen LogP contribution in [0.1, 0.15) is 25.7 Å². The standard InChI is InChI=1S/C13H19NO5/c1-18-12(16)11-6-9-5-10(15)4-3-8(9)7-14(11)13(17)19-2/h8-9,11H,3-7H2,1-2H3/t8-,9+,11-/m0/s1. The van der Waals surface area contributed by atoms with E-state index in [9.17, 15) is 14.4 Å². The highest BCUT2D eigenvalue weighted by Gasteiger charge is 2.44. The Balaban J connectivity index is 2.16. The highest BCUT2D eigenvalue weighted by atomic mass is 16.5. The van der Waals surface area contributed by atoms with Crippen molar-refractivity contribution in [3.05, 3.63) is 0 Å². The van der Waals surface area contributed by atoms with Crippen LogP contribution in [0.25, 0.3) is 0 Å². The summed E-state index contributed by atoms with van der Waals surface area (Å²) in [6.45, 7) is 0.463. The minimum Gasteiger partial charge on any atom is -0.467 e. The number of fused-ring (bicyclic) bond motifs is 1. The van der Waals surface area contributed by atoms with Crippen LogP contribution in [0.3, 0.4) is 0 Å². The Morgan fingerprint density at radius 2 is 1.95 bits per heavy atom. The predicted molar refractivity (Wildman–Crippen MR) is 65.4 cm³/mol. The Morgan fingerprint density at radius 1 is 1.21 bits per heavy atom. The number of hydrogen-bond donors (Lipinski definition) is 0. The van der Waals surface area contributed by atoms with E-state index in [0.717, 1.165) is 6.42 Å². The van der Waals surface area contributed by atoms with Crippen LogP contribution in [0.5, 0.6) is 0 Å². The van der Waals surface area contributed by atoms with Crippen LogP contribution in [0.15, 0.2) is 0 Å². The molecule has 1 aliphatic carbocycles. The van der Waals surface area contributed by atoms with Gasteiger partial charge in [0.15, 0.2) is 0 Å². The number of nitrogens with zero attached hydrogens (tertiary/aromatic N) is 1. The number of methoxy groups -OCH3 is 2. The SMILES string of the molecule is COC(=O)[C@@H]1C[C@H]2CC(=O)CC[C@H]2CN1C(=O)OC. The van der Waals surface area contributed by atoms with Gasteiger partial charge in [-0.3, -0.25) is 9.69 Å². The number of esters is 1. The van der Waals surface area contributed by atoms with Crippen LogP contribution in [-0.2, 0) is 19.1 Å². The molecule has 1 amide bonds. The summed E-state index contributed by atoms with van der Waals surface area (Å²) in [5, 5.41) is 0. The van der Waals surface area contributed by atoms with Crippen LogP contribution in [0.4, 0.5) is 4.79 Å². The van der Waals surface area contributed by atoms with Crippen LogP contribution in [0, 0.1) is 11.8 Å². The van der Waals surface area contributed by atoms with Gasteiger partial charge in [0.1, 0.15) is 11.8 Å². The fraction of sp³-hybridized carbons (Fsp3) is 0.769. The van der Waals surface area contributed by atoms with Crippen molar-refractivity contribution in [3.8, 4) is 0 Å². The van der Waals surface area contributed by atoms with Crippen molar-refractivity contribution in [2.75, 3.05) is 20.8 Å². The van der Waals surface area contributed by atoms with E-state index in [-0.39, 0.29) is 17.6 Å². The second-order valence-electron chi connectivity index (χ2n) is 5.20. The van der Waals surface area contributed by atoms with E-state index in [1.54, 1.807) is 0 Å². The van der Waals surface area contributed by atoms with Crippen molar-refractivity contribution in [1.29, 1.82) is 0 Å². The van der Waals surface area contributed by atoms with Gasteiger partial charge in [0.05, 0.1) is 14.2 Å². The minimum absolute atomic E-state index is 0.172.